The molecule has 0 atom stereocenters. The van der Waals surface area contributed by atoms with Crippen molar-refractivity contribution in [3.05, 3.63) is 58.1 Å². The van der Waals surface area contributed by atoms with Crippen LogP contribution in [0, 0.1) is 0 Å². The molecule has 0 saturated carbocycles. The molecule has 0 aliphatic rings. The van der Waals surface area contributed by atoms with Gasteiger partial charge in [-0.3, -0.25) is 20.4 Å². The van der Waals surface area contributed by atoms with Crippen molar-refractivity contribution in [2.45, 2.75) is 26.9 Å². The van der Waals surface area contributed by atoms with E-state index in [4.69, 9.17) is 14.2 Å². The van der Waals surface area contributed by atoms with E-state index in [1.54, 1.807) is 37.3 Å². The first-order valence-electron chi connectivity index (χ1n) is 9.25. The molecule has 0 heterocycles. The molecule has 0 bridgehead atoms. The van der Waals surface area contributed by atoms with Crippen molar-refractivity contribution < 1.29 is 28.6 Å². The molecule has 0 aliphatic heterocycles. The quantitative estimate of drug-likeness (QED) is 0.445. The van der Waals surface area contributed by atoms with Crippen LogP contribution in [0.5, 0.6) is 11.5 Å². The van der Waals surface area contributed by atoms with Crippen LogP contribution < -0.4 is 20.3 Å². The number of ether oxygens (including phenoxy) is 3. The van der Waals surface area contributed by atoms with E-state index < -0.39 is 17.8 Å². The van der Waals surface area contributed by atoms with Gasteiger partial charge in [0.25, 0.3) is 11.8 Å². The van der Waals surface area contributed by atoms with Gasteiger partial charge >= 0.3 is 5.97 Å². The van der Waals surface area contributed by atoms with Crippen molar-refractivity contribution in [2.24, 2.45) is 0 Å². The SMILES string of the molecule is CCOC(=O)c1ccc(OCC(=O)NNC(=O)c2ccc(OC(C)C)c(Br)c2)cc1. The Bertz CT molecular complexity index is 899. The third kappa shape index (κ3) is 7.07. The zero-order valence-corrected chi connectivity index (χ0v) is 18.4. The van der Waals surface area contributed by atoms with Crippen LogP contribution in [0.25, 0.3) is 0 Å². The fourth-order valence-electron chi connectivity index (χ4n) is 2.28. The predicted molar refractivity (Wildman–Crippen MR) is 113 cm³/mol. The lowest BCUT2D eigenvalue weighted by Gasteiger charge is -2.13. The van der Waals surface area contributed by atoms with Crippen molar-refractivity contribution in [3.8, 4) is 11.5 Å². The molecule has 2 amide bonds. The maximum Gasteiger partial charge on any atom is 0.338 e. The highest BCUT2D eigenvalue weighted by Crippen LogP contribution is 2.26. The lowest BCUT2D eigenvalue weighted by Crippen LogP contribution is -2.43. The van der Waals surface area contributed by atoms with Crippen LogP contribution in [-0.2, 0) is 9.53 Å². The van der Waals surface area contributed by atoms with Gasteiger partial charge in [-0.1, -0.05) is 0 Å². The summed E-state index contributed by atoms with van der Waals surface area (Å²) in [7, 11) is 0. The van der Waals surface area contributed by atoms with Crippen molar-refractivity contribution in [3.63, 3.8) is 0 Å². The van der Waals surface area contributed by atoms with Crippen LogP contribution in [0.15, 0.2) is 46.9 Å². The number of rotatable bonds is 8. The number of hydrogen-bond acceptors (Lipinski definition) is 6. The number of hydrogen-bond donors (Lipinski definition) is 2. The van der Waals surface area contributed by atoms with Gasteiger partial charge in [-0.05, 0) is 79.2 Å². The first kappa shape index (κ1) is 23.2. The monoisotopic (exact) mass is 478 g/mol. The summed E-state index contributed by atoms with van der Waals surface area (Å²) in [6.45, 7) is 5.50. The highest BCUT2D eigenvalue weighted by Gasteiger charge is 2.12. The van der Waals surface area contributed by atoms with E-state index in [9.17, 15) is 14.4 Å². The molecule has 160 valence electrons. The molecule has 2 N–H and O–H groups in total. The van der Waals surface area contributed by atoms with E-state index in [1.807, 2.05) is 13.8 Å². The Morgan fingerprint density at radius 3 is 2.27 bits per heavy atom. The summed E-state index contributed by atoms with van der Waals surface area (Å²) in [5.41, 5.74) is 5.33. The largest absolute Gasteiger partial charge is 0.490 e. The molecule has 2 rings (SSSR count). The standard InChI is InChI=1S/C21H23BrN2O6/c1-4-28-21(27)14-5-8-16(9-6-14)29-12-19(25)23-24-20(26)15-7-10-18(17(22)11-15)30-13(2)3/h5-11,13H,4,12H2,1-3H3,(H,23,25)(H,24,26). The van der Waals surface area contributed by atoms with Crippen LogP contribution in [0.3, 0.4) is 0 Å². The normalized spacial score (nSPS) is 10.3. The van der Waals surface area contributed by atoms with Crippen LogP contribution >= 0.6 is 15.9 Å². The van der Waals surface area contributed by atoms with Crippen molar-refractivity contribution in [1.82, 2.24) is 10.9 Å². The summed E-state index contributed by atoms with van der Waals surface area (Å²) in [5.74, 6) is -0.447. The fourth-order valence-corrected chi connectivity index (χ4v) is 2.75. The summed E-state index contributed by atoms with van der Waals surface area (Å²) < 4.78 is 16.4. The molecule has 0 spiro atoms. The average molecular weight is 479 g/mol. The Kier molecular flexibility index (Phi) is 8.67. The molecule has 0 fully saturated rings. The molecule has 9 heteroatoms. The number of carbonyl (C=O) groups excluding carboxylic acids is 3. The minimum absolute atomic E-state index is 0.00151. The Labute approximate surface area is 183 Å². The van der Waals surface area contributed by atoms with Gasteiger partial charge in [0.2, 0.25) is 0 Å². The Balaban J connectivity index is 1.81. The molecular weight excluding hydrogens is 456 g/mol. The van der Waals surface area contributed by atoms with Gasteiger partial charge in [0.1, 0.15) is 11.5 Å². The molecular formula is C21H23BrN2O6. The Morgan fingerprint density at radius 2 is 1.67 bits per heavy atom. The van der Waals surface area contributed by atoms with Gasteiger partial charge in [-0.15, -0.1) is 0 Å². The second kappa shape index (κ2) is 11.2. The molecule has 0 unspecified atom stereocenters. The number of carbonyl (C=O) groups is 3. The minimum Gasteiger partial charge on any atom is -0.490 e. The smallest absolute Gasteiger partial charge is 0.338 e. The van der Waals surface area contributed by atoms with E-state index in [1.165, 1.54) is 12.1 Å². The maximum atomic E-state index is 12.2. The number of benzene rings is 2. The lowest BCUT2D eigenvalue weighted by molar-refractivity contribution is -0.123. The van der Waals surface area contributed by atoms with Crippen LogP contribution in [-0.4, -0.2) is 37.1 Å². The average Bonchev–Trinajstić information content (AvgIpc) is 2.72. The van der Waals surface area contributed by atoms with Gasteiger partial charge in [-0.2, -0.15) is 0 Å². The first-order valence-corrected chi connectivity index (χ1v) is 10.0. The zero-order chi connectivity index (χ0) is 22.1. The molecule has 0 saturated heterocycles. The van der Waals surface area contributed by atoms with E-state index >= 15 is 0 Å². The third-order valence-corrected chi connectivity index (χ3v) is 4.23. The van der Waals surface area contributed by atoms with Gasteiger partial charge in [0.05, 0.1) is 22.7 Å². The van der Waals surface area contributed by atoms with E-state index in [2.05, 4.69) is 26.8 Å². The molecule has 0 radical (unpaired) electrons. The maximum absolute atomic E-state index is 12.2. The topological polar surface area (TPSA) is 103 Å². The summed E-state index contributed by atoms with van der Waals surface area (Å²) >= 11 is 3.36. The van der Waals surface area contributed by atoms with Crippen LogP contribution in [0.2, 0.25) is 0 Å². The molecule has 0 aliphatic carbocycles. The van der Waals surface area contributed by atoms with Crippen molar-refractivity contribution >= 4 is 33.7 Å². The zero-order valence-electron chi connectivity index (χ0n) is 16.9. The second-order valence-corrected chi connectivity index (χ2v) is 7.20. The number of nitrogens with one attached hydrogen (secondary N) is 2. The molecule has 2 aromatic rings. The number of halogens is 1. The highest BCUT2D eigenvalue weighted by molar-refractivity contribution is 9.10. The van der Waals surface area contributed by atoms with E-state index in [0.29, 0.717) is 27.1 Å². The number of amides is 2. The Morgan fingerprint density at radius 1 is 1.00 bits per heavy atom. The highest BCUT2D eigenvalue weighted by atomic mass is 79.9. The number of esters is 1. The van der Waals surface area contributed by atoms with E-state index in [0.717, 1.165) is 0 Å². The van der Waals surface area contributed by atoms with Gasteiger partial charge in [-0.25, -0.2) is 4.79 Å². The van der Waals surface area contributed by atoms with Crippen molar-refractivity contribution in [1.29, 1.82) is 0 Å². The van der Waals surface area contributed by atoms with Crippen LogP contribution in [0.1, 0.15) is 41.5 Å². The fraction of sp³-hybridized carbons (Fsp3) is 0.286. The second-order valence-electron chi connectivity index (χ2n) is 6.35. The summed E-state index contributed by atoms with van der Waals surface area (Å²) in [4.78, 5) is 35.7. The summed E-state index contributed by atoms with van der Waals surface area (Å²) in [5, 5.41) is 0. The molecule has 2 aromatic carbocycles. The molecule has 8 nitrogen and oxygen atoms in total. The summed E-state index contributed by atoms with van der Waals surface area (Å²) in [6, 6.07) is 11.0. The molecule has 0 aromatic heterocycles. The summed E-state index contributed by atoms with van der Waals surface area (Å²) in [6.07, 6.45) is 0.00151. The first-order chi connectivity index (χ1) is 14.3. The van der Waals surface area contributed by atoms with Gasteiger partial charge in [0.15, 0.2) is 6.61 Å². The predicted octanol–water partition coefficient (Wildman–Crippen LogP) is 3.25. The molecule has 30 heavy (non-hydrogen) atoms. The van der Waals surface area contributed by atoms with E-state index in [-0.39, 0.29) is 19.3 Å². The van der Waals surface area contributed by atoms with Crippen LogP contribution in [0.4, 0.5) is 0 Å². The minimum atomic E-state index is -0.545. The lowest BCUT2D eigenvalue weighted by atomic mass is 10.2. The third-order valence-electron chi connectivity index (χ3n) is 3.61. The van der Waals surface area contributed by atoms with Gasteiger partial charge < -0.3 is 14.2 Å². The Hall–Kier alpha value is -3.07. The number of hydrazine groups is 1. The van der Waals surface area contributed by atoms with Crippen molar-refractivity contribution in [2.75, 3.05) is 13.2 Å². The van der Waals surface area contributed by atoms with Gasteiger partial charge in [0, 0.05) is 5.56 Å².